The number of piperidine rings is 1. The highest BCUT2D eigenvalue weighted by Crippen LogP contribution is 2.16. The number of nitrogens with one attached hydrogen (secondary N) is 2. The molecule has 1 aromatic carbocycles. The molecule has 0 spiro atoms. The molecular formula is C13H17N3O4. The standard InChI is InChI=1S/C13H17N3O4/c17-13-12(2-1-7-15-13)14-8-9-20-11-5-3-10(4-6-11)16(18)19/h3-6,12,14H,1-2,7-9H2,(H,15,17). The lowest BCUT2D eigenvalue weighted by atomic mass is 10.1. The van der Waals surface area contributed by atoms with E-state index >= 15 is 0 Å². The Kier molecular flexibility index (Phi) is 4.89. The van der Waals surface area contributed by atoms with Crippen LogP contribution in [0, 0.1) is 10.1 Å². The van der Waals surface area contributed by atoms with Gasteiger partial charge in [-0.3, -0.25) is 14.9 Å². The second kappa shape index (κ2) is 6.85. The Labute approximate surface area is 116 Å². The van der Waals surface area contributed by atoms with Gasteiger partial charge in [0.2, 0.25) is 5.91 Å². The van der Waals surface area contributed by atoms with Crippen LogP contribution in [0.25, 0.3) is 0 Å². The molecule has 1 unspecified atom stereocenters. The van der Waals surface area contributed by atoms with E-state index in [1.54, 1.807) is 12.1 Å². The topological polar surface area (TPSA) is 93.5 Å². The summed E-state index contributed by atoms with van der Waals surface area (Å²) in [6.07, 6.45) is 1.82. The molecule has 0 saturated carbocycles. The maximum Gasteiger partial charge on any atom is 0.269 e. The number of benzene rings is 1. The van der Waals surface area contributed by atoms with E-state index in [4.69, 9.17) is 4.74 Å². The molecule has 1 aliphatic heterocycles. The van der Waals surface area contributed by atoms with E-state index in [0.717, 1.165) is 19.4 Å². The molecule has 2 N–H and O–H groups in total. The first-order chi connectivity index (χ1) is 9.66. The van der Waals surface area contributed by atoms with Crippen LogP contribution in [0.15, 0.2) is 24.3 Å². The summed E-state index contributed by atoms with van der Waals surface area (Å²) in [5, 5.41) is 16.4. The van der Waals surface area contributed by atoms with Gasteiger partial charge in [0.15, 0.2) is 0 Å². The van der Waals surface area contributed by atoms with E-state index < -0.39 is 4.92 Å². The third kappa shape index (κ3) is 3.92. The summed E-state index contributed by atoms with van der Waals surface area (Å²) >= 11 is 0. The summed E-state index contributed by atoms with van der Waals surface area (Å²) in [6.45, 7) is 1.70. The summed E-state index contributed by atoms with van der Waals surface area (Å²) in [7, 11) is 0. The van der Waals surface area contributed by atoms with Crippen LogP contribution in [0.5, 0.6) is 5.75 Å². The average molecular weight is 279 g/mol. The van der Waals surface area contributed by atoms with Crippen LogP contribution in [-0.2, 0) is 4.79 Å². The molecular weight excluding hydrogens is 262 g/mol. The predicted molar refractivity (Wildman–Crippen MR) is 72.6 cm³/mol. The molecule has 1 atom stereocenters. The van der Waals surface area contributed by atoms with Crippen molar-refractivity contribution in [3.63, 3.8) is 0 Å². The fourth-order valence-corrected chi connectivity index (χ4v) is 2.03. The highest BCUT2D eigenvalue weighted by Gasteiger charge is 2.20. The number of amides is 1. The molecule has 0 aliphatic carbocycles. The van der Waals surface area contributed by atoms with E-state index in [-0.39, 0.29) is 17.6 Å². The van der Waals surface area contributed by atoms with Crippen LogP contribution >= 0.6 is 0 Å². The number of nitro benzene ring substituents is 1. The zero-order valence-electron chi connectivity index (χ0n) is 11.0. The molecule has 0 radical (unpaired) electrons. The second-order valence-corrected chi connectivity index (χ2v) is 4.54. The van der Waals surface area contributed by atoms with Crippen molar-refractivity contribution in [1.82, 2.24) is 10.6 Å². The smallest absolute Gasteiger partial charge is 0.269 e. The van der Waals surface area contributed by atoms with Gasteiger partial charge in [-0.15, -0.1) is 0 Å². The van der Waals surface area contributed by atoms with Gasteiger partial charge in [0, 0.05) is 25.2 Å². The van der Waals surface area contributed by atoms with Crippen LogP contribution in [0.4, 0.5) is 5.69 Å². The summed E-state index contributed by atoms with van der Waals surface area (Å²) in [5.41, 5.74) is 0.0364. The minimum absolute atomic E-state index is 0.0339. The van der Waals surface area contributed by atoms with Crippen LogP contribution in [0.2, 0.25) is 0 Å². The highest BCUT2D eigenvalue weighted by atomic mass is 16.6. The van der Waals surface area contributed by atoms with E-state index in [9.17, 15) is 14.9 Å². The lowest BCUT2D eigenvalue weighted by Gasteiger charge is -2.22. The molecule has 1 saturated heterocycles. The number of rotatable bonds is 6. The number of hydrogen-bond acceptors (Lipinski definition) is 5. The number of nitro groups is 1. The van der Waals surface area contributed by atoms with Crippen molar-refractivity contribution in [2.75, 3.05) is 19.7 Å². The fraction of sp³-hybridized carbons (Fsp3) is 0.462. The zero-order valence-corrected chi connectivity index (χ0v) is 11.0. The van der Waals surface area contributed by atoms with E-state index in [0.29, 0.717) is 18.9 Å². The van der Waals surface area contributed by atoms with Crippen LogP contribution in [-0.4, -0.2) is 36.6 Å². The summed E-state index contributed by atoms with van der Waals surface area (Å²) in [4.78, 5) is 21.5. The molecule has 0 aromatic heterocycles. The number of nitrogens with zero attached hydrogens (tertiary/aromatic N) is 1. The van der Waals surface area contributed by atoms with Gasteiger partial charge in [0.1, 0.15) is 12.4 Å². The molecule has 108 valence electrons. The van der Waals surface area contributed by atoms with Crippen LogP contribution in [0.3, 0.4) is 0 Å². The Hall–Kier alpha value is -2.15. The lowest BCUT2D eigenvalue weighted by Crippen LogP contribution is -2.49. The first-order valence-corrected chi connectivity index (χ1v) is 6.55. The lowest BCUT2D eigenvalue weighted by molar-refractivity contribution is -0.384. The van der Waals surface area contributed by atoms with Crippen molar-refractivity contribution >= 4 is 11.6 Å². The number of carbonyl (C=O) groups is 1. The molecule has 0 bridgehead atoms. The van der Waals surface area contributed by atoms with Crippen LogP contribution in [0.1, 0.15) is 12.8 Å². The fourth-order valence-electron chi connectivity index (χ4n) is 2.03. The van der Waals surface area contributed by atoms with Crippen molar-refractivity contribution in [3.8, 4) is 5.75 Å². The molecule has 1 aliphatic rings. The SMILES string of the molecule is O=C1NCCCC1NCCOc1ccc([N+](=O)[O-])cc1. The van der Waals surface area contributed by atoms with Gasteiger partial charge >= 0.3 is 0 Å². The van der Waals surface area contributed by atoms with Gasteiger partial charge in [-0.1, -0.05) is 0 Å². The summed E-state index contributed by atoms with van der Waals surface area (Å²) < 4.78 is 5.45. The molecule has 1 aromatic rings. The van der Waals surface area contributed by atoms with Gasteiger partial charge in [0.25, 0.3) is 5.69 Å². The van der Waals surface area contributed by atoms with Crippen molar-refractivity contribution in [3.05, 3.63) is 34.4 Å². The van der Waals surface area contributed by atoms with Gasteiger partial charge in [0.05, 0.1) is 11.0 Å². The Morgan fingerprint density at radius 3 is 2.80 bits per heavy atom. The van der Waals surface area contributed by atoms with Gasteiger partial charge in [-0.25, -0.2) is 0 Å². The number of hydrogen-bond donors (Lipinski definition) is 2. The number of carbonyl (C=O) groups excluding carboxylic acids is 1. The highest BCUT2D eigenvalue weighted by molar-refractivity contribution is 5.82. The van der Waals surface area contributed by atoms with Gasteiger partial charge < -0.3 is 15.4 Å². The maximum absolute atomic E-state index is 11.5. The molecule has 1 amide bonds. The average Bonchev–Trinajstić information content (AvgIpc) is 2.46. The largest absolute Gasteiger partial charge is 0.492 e. The molecule has 7 heteroatoms. The van der Waals surface area contributed by atoms with Crippen molar-refractivity contribution in [2.24, 2.45) is 0 Å². The van der Waals surface area contributed by atoms with Crippen LogP contribution < -0.4 is 15.4 Å². The van der Waals surface area contributed by atoms with E-state index in [1.165, 1.54) is 12.1 Å². The molecule has 1 fully saturated rings. The number of non-ortho nitro benzene ring substituents is 1. The second-order valence-electron chi connectivity index (χ2n) is 4.54. The summed E-state index contributed by atoms with van der Waals surface area (Å²) in [6, 6.07) is 5.77. The third-order valence-electron chi connectivity index (χ3n) is 3.09. The number of ether oxygens (including phenoxy) is 1. The third-order valence-corrected chi connectivity index (χ3v) is 3.09. The maximum atomic E-state index is 11.5. The van der Waals surface area contributed by atoms with Gasteiger partial charge in [-0.2, -0.15) is 0 Å². The zero-order chi connectivity index (χ0) is 14.4. The Morgan fingerprint density at radius 1 is 1.40 bits per heavy atom. The quantitative estimate of drug-likeness (QED) is 0.457. The molecule has 20 heavy (non-hydrogen) atoms. The monoisotopic (exact) mass is 279 g/mol. The Morgan fingerprint density at radius 2 is 2.15 bits per heavy atom. The first-order valence-electron chi connectivity index (χ1n) is 6.55. The van der Waals surface area contributed by atoms with E-state index in [1.807, 2.05) is 0 Å². The van der Waals surface area contributed by atoms with Crippen molar-refractivity contribution < 1.29 is 14.5 Å². The van der Waals surface area contributed by atoms with Crippen molar-refractivity contribution in [2.45, 2.75) is 18.9 Å². The normalized spacial score (nSPS) is 18.4. The minimum atomic E-state index is -0.451. The molecule has 7 nitrogen and oxygen atoms in total. The Bertz CT molecular complexity index is 475. The van der Waals surface area contributed by atoms with Crippen molar-refractivity contribution in [1.29, 1.82) is 0 Å². The Balaban J connectivity index is 1.70. The minimum Gasteiger partial charge on any atom is -0.492 e. The molecule has 2 rings (SSSR count). The molecule has 1 heterocycles. The predicted octanol–water partition coefficient (Wildman–Crippen LogP) is 0.842. The van der Waals surface area contributed by atoms with Gasteiger partial charge in [-0.05, 0) is 25.0 Å². The summed E-state index contributed by atoms with van der Waals surface area (Å²) in [5.74, 6) is 0.608. The first kappa shape index (κ1) is 14.3. The van der Waals surface area contributed by atoms with E-state index in [2.05, 4.69) is 10.6 Å².